The summed E-state index contributed by atoms with van der Waals surface area (Å²) in [5.41, 5.74) is 1.25. The van der Waals surface area contributed by atoms with E-state index in [9.17, 15) is 4.39 Å². The number of halogens is 4. The largest absolute Gasteiger partial charge is 0.314 e. The van der Waals surface area contributed by atoms with Crippen molar-refractivity contribution in [3.63, 3.8) is 0 Å². The fourth-order valence-corrected chi connectivity index (χ4v) is 3.45. The summed E-state index contributed by atoms with van der Waals surface area (Å²) in [5.74, 6) is 0.588. The summed E-state index contributed by atoms with van der Waals surface area (Å²) in [7, 11) is 0. The molecular formula is C14H20BrCl2FN2. The van der Waals surface area contributed by atoms with Gasteiger partial charge in [0.25, 0.3) is 0 Å². The Labute approximate surface area is 140 Å². The third-order valence-electron chi connectivity index (χ3n) is 3.89. The van der Waals surface area contributed by atoms with Crippen LogP contribution in [0.4, 0.5) is 4.39 Å². The van der Waals surface area contributed by atoms with E-state index in [4.69, 9.17) is 0 Å². The molecule has 0 amide bonds. The quantitative estimate of drug-likeness (QED) is 0.851. The minimum atomic E-state index is -0.166. The van der Waals surface area contributed by atoms with Crippen LogP contribution in [0.25, 0.3) is 0 Å². The van der Waals surface area contributed by atoms with Gasteiger partial charge in [0, 0.05) is 36.7 Å². The van der Waals surface area contributed by atoms with E-state index in [1.165, 1.54) is 18.4 Å². The van der Waals surface area contributed by atoms with E-state index in [2.05, 4.69) is 26.1 Å². The van der Waals surface area contributed by atoms with Gasteiger partial charge in [0.2, 0.25) is 0 Å². The molecule has 114 valence electrons. The van der Waals surface area contributed by atoms with E-state index in [0.717, 1.165) is 36.6 Å². The van der Waals surface area contributed by atoms with Crippen molar-refractivity contribution in [2.75, 3.05) is 26.2 Å². The molecule has 2 nitrogen and oxygen atoms in total. The van der Waals surface area contributed by atoms with Crippen molar-refractivity contribution in [3.8, 4) is 0 Å². The van der Waals surface area contributed by atoms with Gasteiger partial charge >= 0.3 is 0 Å². The summed E-state index contributed by atoms with van der Waals surface area (Å²) in [6, 6.07) is 5.58. The lowest BCUT2D eigenvalue weighted by Gasteiger charge is -2.36. The monoisotopic (exact) mass is 384 g/mol. The lowest BCUT2D eigenvalue weighted by molar-refractivity contribution is 0.155. The third kappa shape index (κ3) is 4.08. The highest BCUT2D eigenvalue weighted by Crippen LogP contribution is 2.46. The van der Waals surface area contributed by atoms with Crippen LogP contribution in [0.3, 0.4) is 0 Å². The minimum absolute atomic E-state index is 0. The average molecular weight is 386 g/mol. The van der Waals surface area contributed by atoms with Crippen LogP contribution >= 0.6 is 40.7 Å². The first-order chi connectivity index (χ1) is 8.75. The zero-order valence-corrected chi connectivity index (χ0v) is 14.4. The molecule has 1 aromatic rings. The van der Waals surface area contributed by atoms with Crippen LogP contribution in [0, 0.1) is 11.7 Å². The van der Waals surface area contributed by atoms with Gasteiger partial charge in [-0.3, -0.25) is 4.90 Å². The Morgan fingerprint density at radius 2 is 1.85 bits per heavy atom. The van der Waals surface area contributed by atoms with Gasteiger partial charge in [0.05, 0.1) is 0 Å². The van der Waals surface area contributed by atoms with Crippen molar-refractivity contribution in [1.29, 1.82) is 0 Å². The van der Waals surface area contributed by atoms with E-state index in [1.807, 2.05) is 6.07 Å². The summed E-state index contributed by atoms with van der Waals surface area (Å²) >= 11 is 3.53. The molecule has 1 aliphatic heterocycles. The smallest absolute Gasteiger partial charge is 0.124 e. The maximum atomic E-state index is 13.2. The van der Waals surface area contributed by atoms with Crippen molar-refractivity contribution in [2.24, 2.45) is 5.92 Å². The topological polar surface area (TPSA) is 15.3 Å². The highest BCUT2D eigenvalue weighted by molar-refractivity contribution is 9.10. The molecule has 20 heavy (non-hydrogen) atoms. The number of nitrogens with zero attached hydrogens (tertiary/aromatic N) is 1. The molecule has 1 atom stereocenters. The first-order valence-corrected chi connectivity index (χ1v) is 7.45. The van der Waals surface area contributed by atoms with Crippen molar-refractivity contribution in [2.45, 2.75) is 18.9 Å². The summed E-state index contributed by atoms with van der Waals surface area (Å²) in [5, 5.41) is 3.39. The molecular weight excluding hydrogens is 366 g/mol. The van der Waals surface area contributed by atoms with E-state index in [1.54, 1.807) is 12.1 Å². The Bertz CT molecular complexity index is 437. The molecule has 1 aromatic carbocycles. The molecule has 0 radical (unpaired) electrons. The van der Waals surface area contributed by atoms with E-state index in [-0.39, 0.29) is 30.6 Å². The number of benzene rings is 1. The number of rotatable bonds is 3. The second-order valence-electron chi connectivity index (χ2n) is 5.23. The number of piperazine rings is 1. The standard InChI is InChI=1S/C14H18BrFN2.2ClH/c15-13-9-11(16)3-4-12(13)14(10-1-2-10)18-7-5-17-6-8-18;;/h3-4,9-10,14,17H,1-2,5-8H2;2*1H/t14-;;/m0../s1. The van der Waals surface area contributed by atoms with Gasteiger partial charge < -0.3 is 5.32 Å². The van der Waals surface area contributed by atoms with E-state index >= 15 is 0 Å². The number of nitrogens with one attached hydrogen (secondary N) is 1. The van der Waals surface area contributed by atoms with Gasteiger partial charge in [-0.15, -0.1) is 24.8 Å². The normalized spacial score (nSPS) is 20.7. The van der Waals surface area contributed by atoms with Crippen molar-refractivity contribution in [3.05, 3.63) is 34.1 Å². The predicted octanol–water partition coefficient (Wildman–Crippen LogP) is 3.79. The maximum absolute atomic E-state index is 13.2. The Morgan fingerprint density at radius 1 is 1.20 bits per heavy atom. The van der Waals surface area contributed by atoms with Crippen molar-refractivity contribution < 1.29 is 4.39 Å². The lowest BCUT2D eigenvalue weighted by atomic mass is 10.00. The molecule has 1 heterocycles. The second kappa shape index (κ2) is 7.95. The molecule has 1 N–H and O–H groups in total. The molecule has 3 rings (SSSR count). The SMILES string of the molecule is Cl.Cl.Fc1ccc([C@H](C2CC2)N2CCNCC2)c(Br)c1. The van der Waals surface area contributed by atoms with E-state index in [0.29, 0.717) is 6.04 Å². The van der Waals surface area contributed by atoms with Gasteiger partial charge in [0.15, 0.2) is 0 Å². The highest BCUT2D eigenvalue weighted by atomic mass is 79.9. The highest BCUT2D eigenvalue weighted by Gasteiger charge is 2.37. The van der Waals surface area contributed by atoms with Crippen LogP contribution in [0.2, 0.25) is 0 Å². The van der Waals surface area contributed by atoms with Gasteiger partial charge in [0.1, 0.15) is 5.82 Å². The van der Waals surface area contributed by atoms with Crippen LogP contribution in [-0.2, 0) is 0 Å². The molecule has 1 saturated carbocycles. The summed E-state index contributed by atoms with van der Waals surface area (Å²) in [4.78, 5) is 2.55. The summed E-state index contributed by atoms with van der Waals surface area (Å²) in [6.45, 7) is 4.29. The van der Waals surface area contributed by atoms with Crippen LogP contribution < -0.4 is 5.32 Å². The average Bonchev–Trinajstić information content (AvgIpc) is 3.18. The van der Waals surface area contributed by atoms with Gasteiger partial charge in [-0.2, -0.15) is 0 Å². The molecule has 0 aromatic heterocycles. The Kier molecular flexibility index (Phi) is 7.22. The van der Waals surface area contributed by atoms with Crippen molar-refractivity contribution >= 4 is 40.7 Å². The molecule has 0 spiro atoms. The predicted molar refractivity (Wildman–Crippen MR) is 88.5 cm³/mol. The molecule has 6 heteroatoms. The van der Waals surface area contributed by atoms with Gasteiger partial charge in [-0.25, -0.2) is 4.39 Å². The molecule has 2 aliphatic rings. The molecule has 2 fully saturated rings. The van der Waals surface area contributed by atoms with Crippen LogP contribution in [0.5, 0.6) is 0 Å². The summed E-state index contributed by atoms with van der Waals surface area (Å²) < 4.78 is 14.1. The second-order valence-corrected chi connectivity index (χ2v) is 6.09. The van der Waals surface area contributed by atoms with Crippen LogP contribution in [0.1, 0.15) is 24.4 Å². The third-order valence-corrected chi connectivity index (χ3v) is 4.58. The first kappa shape index (κ1) is 18.2. The van der Waals surface area contributed by atoms with Gasteiger partial charge in [-0.05, 0) is 36.5 Å². The Morgan fingerprint density at radius 3 is 2.40 bits per heavy atom. The maximum Gasteiger partial charge on any atom is 0.124 e. The molecule has 0 bridgehead atoms. The molecule has 1 saturated heterocycles. The fraction of sp³-hybridized carbons (Fsp3) is 0.571. The fourth-order valence-electron chi connectivity index (χ4n) is 2.86. The number of hydrogen-bond donors (Lipinski definition) is 1. The van der Waals surface area contributed by atoms with Crippen LogP contribution in [-0.4, -0.2) is 31.1 Å². The van der Waals surface area contributed by atoms with E-state index < -0.39 is 0 Å². The summed E-state index contributed by atoms with van der Waals surface area (Å²) in [6.07, 6.45) is 2.61. The zero-order valence-electron chi connectivity index (χ0n) is 11.1. The van der Waals surface area contributed by atoms with Gasteiger partial charge in [-0.1, -0.05) is 22.0 Å². The van der Waals surface area contributed by atoms with Crippen LogP contribution in [0.15, 0.2) is 22.7 Å². The molecule has 0 unspecified atom stereocenters. The minimum Gasteiger partial charge on any atom is -0.314 e. The Hall–Kier alpha value is 0.130. The number of hydrogen-bond acceptors (Lipinski definition) is 2. The van der Waals surface area contributed by atoms with Crippen molar-refractivity contribution in [1.82, 2.24) is 10.2 Å². The Balaban J connectivity index is 0.000001000. The molecule has 1 aliphatic carbocycles. The lowest BCUT2D eigenvalue weighted by Crippen LogP contribution is -2.45. The first-order valence-electron chi connectivity index (χ1n) is 6.65. The zero-order chi connectivity index (χ0) is 12.5.